The van der Waals surface area contributed by atoms with Crippen LogP contribution in [-0.4, -0.2) is 39.1 Å². The molecule has 0 radical (unpaired) electrons. The van der Waals surface area contributed by atoms with Crippen LogP contribution >= 0.6 is 11.3 Å². The molecular weight excluding hydrogens is 403 g/mol. The highest BCUT2D eigenvalue weighted by atomic mass is 32.1. The molecular formula is C22H23FN4O2S. The molecule has 1 aromatic carbocycles. The largest absolute Gasteiger partial charge is 0.356 e. The van der Waals surface area contributed by atoms with E-state index >= 15 is 0 Å². The summed E-state index contributed by atoms with van der Waals surface area (Å²) in [6.45, 7) is 6.58. The van der Waals surface area contributed by atoms with Crippen LogP contribution in [0.1, 0.15) is 41.4 Å². The molecule has 156 valence electrons. The van der Waals surface area contributed by atoms with Crippen LogP contribution in [0.15, 0.2) is 32.9 Å². The zero-order chi connectivity index (χ0) is 20.8. The fraction of sp³-hybridized carbons (Fsp3) is 0.409. The van der Waals surface area contributed by atoms with E-state index in [9.17, 15) is 9.18 Å². The van der Waals surface area contributed by atoms with Gasteiger partial charge in [-0.1, -0.05) is 5.16 Å². The number of hydrogen-bond acceptors (Lipinski definition) is 6. The van der Waals surface area contributed by atoms with Crippen LogP contribution in [0.2, 0.25) is 0 Å². The maximum atomic E-state index is 13.4. The molecule has 1 aliphatic rings. The highest BCUT2D eigenvalue weighted by Gasteiger charge is 2.25. The molecule has 3 aromatic heterocycles. The number of nitrogens with zero attached hydrogens (tertiary/aromatic N) is 4. The molecule has 8 heteroatoms. The Morgan fingerprint density at radius 1 is 1.27 bits per heavy atom. The van der Waals surface area contributed by atoms with Crippen molar-refractivity contribution in [2.45, 2.75) is 39.0 Å². The van der Waals surface area contributed by atoms with E-state index in [-0.39, 0.29) is 11.4 Å². The van der Waals surface area contributed by atoms with Gasteiger partial charge in [0.05, 0.1) is 5.69 Å². The Balaban J connectivity index is 1.26. The van der Waals surface area contributed by atoms with Crippen LogP contribution in [0, 0.1) is 19.7 Å². The van der Waals surface area contributed by atoms with Crippen LogP contribution in [0.5, 0.6) is 0 Å². The van der Waals surface area contributed by atoms with Gasteiger partial charge < -0.3 is 9.42 Å². The van der Waals surface area contributed by atoms with E-state index in [1.165, 1.54) is 23.5 Å². The molecule has 0 atom stereocenters. The van der Waals surface area contributed by atoms with Crippen molar-refractivity contribution in [3.63, 3.8) is 0 Å². The quantitative estimate of drug-likeness (QED) is 0.492. The lowest BCUT2D eigenvalue weighted by Gasteiger charge is -2.31. The Morgan fingerprint density at radius 3 is 2.87 bits per heavy atom. The molecule has 6 nitrogen and oxygen atoms in total. The van der Waals surface area contributed by atoms with Crippen molar-refractivity contribution in [3.05, 3.63) is 62.4 Å². The topological polar surface area (TPSA) is 63.6 Å². The van der Waals surface area contributed by atoms with Gasteiger partial charge in [0, 0.05) is 46.2 Å². The maximum Gasteiger partial charge on any atom is 0.262 e. The standard InChI is InChI=1S/C22H23FN4O2S/c1-13-12-30-22-24-14(2)17(21(28)27(13)22)7-10-26-8-5-15(6-9-26)20-18-4-3-16(23)11-19(18)29-25-20/h3-4,11-12,15H,5-10H2,1-2H3. The second-order valence-corrected chi connectivity index (χ2v) is 8.89. The van der Waals surface area contributed by atoms with Crippen LogP contribution in [0.4, 0.5) is 4.39 Å². The van der Waals surface area contributed by atoms with Crippen LogP contribution < -0.4 is 5.56 Å². The summed E-state index contributed by atoms with van der Waals surface area (Å²) in [5.41, 5.74) is 4.08. The molecule has 0 unspecified atom stereocenters. The minimum absolute atomic E-state index is 0.0624. The molecule has 0 N–H and O–H groups in total. The van der Waals surface area contributed by atoms with E-state index < -0.39 is 0 Å². The summed E-state index contributed by atoms with van der Waals surface area (Å²) >= 11 is 1.50. The molecule has 0 spiro atoms. The van der Waals surface area contributed by atoms with Crippen LogP contribution in [-0.2, 0) is 6.42 Å². The van der Waals surface area contributed by atoms with Gasteiger partial charge in [-0.05, 0) is 58.3 Å². The summed E-state index contributed by atoms with van der Waals surface area (Å²) in [6.07, 6.45) is 2.64. The average Bonchev–Trinajstić information content (AvgIpc) is 3.31. The molecule has 0 bridgehead atoms. The third-order valence-electron chi connectivity index (χ3n) is 6.15. The Labute approximate surface area is 176 Å². The molecule has 4 aromatic rings. The first-order chi connectivity index (χ1) is 14.5. The second kappa shape index (κ2) is 7.59. The summed E-state index contributed by atoms with van der Waals surface area (Å²) < 4.78 is 20.4. The second-order valence-electron chi connectivity index (χ2n) is 8.05. The van der Waals surface area contributed by atoms with Crippen molar-refractivity contribution >= 4 is 27.3 Å². The summed E-state index contributed by atoms with van der Waals surface area (Å²) in [7, 11) is 0. The van der Waals surface area contributed by atoms with Gasteiger partial charge in [-0.3, -0.25) is 9.20 Å². The number of aryl methyl sites for hydroxylation is 2. The summed E-state index contributed by atoms with van der Waals surface area (Å²) in [6, 6.07) is 4.61. The third kappa shape index (κ3) is 3.33. The zero-order valence-electron chi connectivity index (χ0n) is 17.0. The SMILES string of the molecule is Cc1nc2scc(C)n2c(=O)c1CCN1CCC(c2noc3cc(F)ccc23)CC1. The summed E-state index contributed by atoms with van der Waals surface area (Å²) in [5.74, 6) is 0.00309. The fourth-order valence-corrected chi connectivity index (χ4v) is 5.33. The molecule has 5 rings (SSSR count). The number of piperidine rings is 1. The number of thiazole rings is 1. The Morgan fingerprint density at radius 2 is 2.07 bits per heavy atom. The van der Waals surface area contributed by atoms with Gasteiger partial charge in [-0.25, -0.2) is 9.37 Å². The van der Waals surface area contributed by atoms with E-state index in [2.05, 4.69) is 15.0 Å². The molecule has 4 heterocycles. The minimum atomic E-state index is -0.309. The van der Waals surface area contributed by atoms with Gasteiger partial charge in [0.2, 0.25) is 0 Å². The number of rotatable bonds is 4. The Kier molecular flexibility index (Phi) is 4.91. The van der Waals surface area contributed by atoms with Crippen molar-refractivity contribution in [2.75, 3.05) is 19.6 Å². The van der Waals surface area contributed by atoms with E-state index in [4.69, 9.17) is 4.52 Å². The molecule has 1 fully saturated rings. The van der Waals surface area contributed by atoms with E-state index in [0.717, 1.165) is 65.5 Å². The first-order valence-corrected chi connectivity index (χ1v) is 11.1. The van der Waals surface area contributed by atoms with E-state index in [1.54, 1.807) is 10.5 Å². The molecule has 30 heavy (non-hydrogen) atoms. The zero-order valence-corrected chi connectivity index (χ0v) is 17.8. The van der Waals surface area contributed by atoms with Gasteiger partial charge in [0.25, 0.3) is 5.56 Å². The monoisotopic (exact) mass is 426 g/mol. The van der Waals surface area contributed by atoms with Crippen molar-refractivity contribution in [1.29, 1.82) is 0 Å². The number of aromatic nitrogens is 3. The van der Waals surface area contributed by atoms with Crippen molar-refractivity contribution in [2.24, 2.45) is 0 Å². The molecule has 0 amide bonds. The third-order valence-corrected chi connectivity index (χ3v) is 7.10. The van der Waals surface area contributed by atoms with Crippen molar-refractivity contribution < 1.29 is 8.91 Å². The summed E-state index contributed by atoms with van der Waals surface area (Å²) in [4.78, 5) is 20.7. The lowest BCUT2D eigenvalue weighted by atomic mass is 9.91. The number of halogens is 1. The predicted octanol–water partition coefficient (Wildman–Crippen LogP) is 4.08. The number of fused-ring (bicyclic) bond motifs is 2. The van der Waals surface area contributed by atoms with Crippen LogP contribution in [0.3, 0.4) is 0 Å². The molecule has 0 saturated carbocycles. The number of hydrogen-bond donors (Lipinski definition) is 0. The molecule has 1 aliphatic heterocycles. The number of benzene rings is 1. The molecule has 1 saturated heterocycles. The lowest BCUT2D eigenvalue weighted by Crippen LogP contribution is -2.35. The summed E-state index contributed by atoms with van der Waals surface area (Å²) in [5, 5.41) is 7.10. The first kappa shape index (κ1) is 19.4. The van der Waals surface area contributed by atoms with E-state index in [1.807, 2.05) is 19.2 Å². The highest BCUT2D eigenvalue weighted by Crippen LogP contribution is 2.32. The van der Waals surface area contributed by atoms with Gasteiger partial charge in [0.1, 0.15) is 5.82 Å². The van der Waals surface area contributed by atoms with Crippen LogP contribution in [0.25, 0.3) is 15.9 Å². The highest BCUT2D eigenvalue weighted by molar-refractivity contribution is 7.15. The average molecular weight is 427 g/mol. The van der Waals surface area contributed by atoms with Crippen molar-refractivity contribution in [3.8, 4) is 0 Å². The smallest absolute Gasteiger partial charge is 0.262 e. The Hall–Kier alpha value is -2.58. The lowest BCUT2D eigenvalue weighted by molar-refractivity contribution is 0.211. The maximum absolute atomic E-state index is 13.4. The van der Waals surface area contributed by atoms with Crippen molar-refractivity contribution in [1.82, 2.24) is 19.4 Å². The fourth-order valence-electron chi connectivity index (χ4n) is 4.43. The van der Waals surface area contributed by atoms with Gasteiger partial charge in [0.15, 0.2) is 10.5 Å². The van der Waals surface area contributed by atoms with Gasteiger partial charge >= 0.3 is 0 Å². The van der Waals surface area contributed by atoms with Gasteiger partial charge in [-0.15, -0.1) is 11.3 Å². The minimum Gasteiger partial charge on any atom is -0.356 e. The molecule has 0 aliphatic carbocycles. The van der Waals surface area contributed by atoms with E-state index in [0.29, 0.717) is 17.9 Å². The van der Waals surface area contributed by atoms with Gasteiger partial charge in [-0.2, -0.15) is 0 Å². The number of likely N-dealkylation sites (tertiary alicyclic amines) is 1. The Bertz CT molecular complexity index is 1280. The predicted molar refractivity (Wildman–Crippen MR) is 115 cm³/mol. The first-order valence-electron chi connectivity index (χ1n) is 10.2. The normalized spacial score (nSPS) is 16.1.